The van der Waals surface area contributed by atoms with E-state index in [1.165, 1.54) is 80.1 Å². The van der Waals surface area contributed by atoms with Crippen LogP contribution >= 0.6 is 11.3 Å². The smallest absolute Gasteiger partial charge is 0.164 e. The maximum Gasteiger partial charge on any atom is 0.164 e. The zero-order valence-electron chi connectivity index (χ0n) is 27.1. The average molecular weight is 648 g/mol. The van der Waals surface area contributed by atoms with E-state index in [1.54, 1.807) is 0 Å². The topological polar surface area (TPSA) is 38.7 Å². The van der Waals surface area contributed by atoms with Crippen LogP contribution in [0.5, 0.6) is 0 Å². The van der Waals surface area contributed by atoms with Crippen LogP contribution in [0.3, 0.4) is 0 Å². The SMILES string of the molecule is c1ccc(-c2nc(-c3ccccc3)nc(-c3cccc(-c4ccc5c(c4)-c4cc6sc7ccccc7c6cc4C54CCCCC4)c3)n2)cc1. The Hall–Kier alpha value is -5.45. The molecule has 0 radical (unpaired) electrons. The van der Waals surface area contributed by atoms with E-state index in [-0.39, 0.29) is 5.41 Å². The van der Waals surface area contributed by atoms with Gasteiger partial charge in [-0.05, 0) is 76.6 Å². The predicted molar refractivity (Wildman–Crippen MR) is 204 cm³/mol. The molecule has 0 N–H and O–H groups in total. The molecular weight excluding hydrogens is 615 g/mol. The van der Waals surface area contributed by atoms with Crippen LogP contribution in [0.2, 0.25) is 0 Å². The fourth-order valence-corrected chi connectivity index (χ4v) is 9.50. The highest BCUT2D eigenvalue weighted by Gasteiger charge is 2.44. The first-order valence-electron chi connectivity index (χ1n) is 17.3. The first-order chi connectivity index (χ1) is 24.2. The van der Waals surface area contributed by atoms with Gasteiger partial charge in [-0.3, -0.25) is 0 Å². The number of hydrogen-bond donors (Lipinski definition) is 0. The summed E-state index contributed by atoms with van der Waals surface area (Å²) in [6, 6.07) is 50.2. The standard InChI is InChI=1S/C45H33N3S/c1-4-13-29(14-5-1)42-46-43(30-15-6-2-7-16-30)48-44(47-42)33-18-12-17-31(25-33)32-21-22-38-35(26-32)36-28-41-37(34-19-8-9-20-40(34)49-41)27-39(36)45(38)23-10-3-11-24-45/h1-2,4-9,12-22,25-28H,3,10-11,23-24H2. The molecule has 0 amide bonds. The molecule has 49 heavy (non-hydrogen) atoms. The summed E-state index contributed by atoms with van der Waals surface area (Å²) < 4.78 is 2.75. The molecule has 0 saturated heterocycles. The van der Waals surface area contributed by atoms with Gasteiger partial charge >= 0.3 is 0 Å². The van der Waals surface area contributed by atoms with Crippen molar-refractivity contribution in [3.05, 3.63) is 151 Å². The van der Waals surface area contributed by atoms with Crippen molar-refractivity contribution < 1.29 is 0 Å². The van der Waals surface area contributed by atoms with Crippen LogP contribution in [0.15, 0.2) is 140 Å². The van der Waals surface area contributed by atoms with Crippen molar-refractivity contribution >= 4 is 31.5 Å². The minimum absolute atomic E-state index is 0.104. The lowest BCUT2D eigenvalue weighted by Crippen LogP contribution is -2.28. The summed E-state index contributed by atoms with van der Waals surface area (Å²) >= 11 is 1.92. The molecule has 10 rings (SSSR count). The third kappa shape index (κ3) is 4.66. The average Bonchev–Trinajstić information content (AvgIpc) is 3.67. The van der Waals surface area contributed by atoms with E-state index < -0.39 is 0 Å². The molecule has 8 aromatic rings. The quantitative estimate of drug-likeness (QED) is 0.191. The van der Waals surface area contributed by atoms with E-state index in [4.69, 9.17) is 15.0 Å². The van der Waals surface area contributed by atoms with Gasteiger partial charge in [0.05, 0.1) is 0 Å². The minimum Gasteiger partial charge on any atom is -0.208 e. The first-order valence-corrected chi connectivity index (χ1v) is 18.1. The Morgan fingerprint density at radius 1 is 0.408 bits per heavy atom. The van der Waals surface area contributed by atoms with Gasteiger partial charge in [0, 0.05) is 42.3 Å². The molecule has 1 saturated carbocycles. The van der Waals surface area contributed by atoms with Crippen LogP contribution in [0, 0.1) is 0 Å². The molecule has 234 valence electrons. The fourth-order valence-electron chi connectivity index (χ4n) is 8.37. The van der Waals surface area contributed by atoms with Crippen molar-refractivity contribution in [2.24, 2.45) is 0 Å². The van der Waals surface area contributed by atoms with Gasteiger partial charge in [-0.15, -0.1) is 11.3 Å². The number of fused-ring (bicyclic) bond motifs is 8. The van der Waals surface area contributed by atoms with Crippen molar-refractivity contribution in [2.45, 2.75) is 37.5 Å². The molecule has 3 nitrogen and oxygen atoms in total. The zero-order chi connectivity index (χ0) is 32.4. The molecule has 2 aliphatic rings. The second-order valence-electron chi connectivity index (χ2n) is 13.5. The molecule has 0 unspecified atom stereocenters. The molecular formula is C45H33N3S. The van der Waals surface area contributed by atoms with Gasteiger partial charge in [-0.2, -0.15) is 0 Å². The second kappa shape index (κ2) is 11.3. The zero-order valence-corrected chi connectivity index (χ0v) is 27.9. The Labute approximate surface area is 290 Å². The normalized spacial score (nSPS) is 14.7. The highest BCUT2D eigenvalue weighted by Crippen LogP contribution is 2.58. The Morgan fingerprint density at radius 3 is 1.73 bits per heavy atom. The van der Waals surface area contributed by atoms with E-state index in [9.17, 15) is 0 Å². The second-order valence-corrected chi connectivity index (χ2v) is 14.6. The van der Waals surface area contributed by atoms with Gasteiger partial charge in [-0.25, -0.2) is 15.0 Å². The number of benzene rings is 6. The van der Waals surface area contributed by atoms with Crippen LogP contribution in [0.4, 0.5) is 0 Å². The number of nitrogens with zero attached hydrogens (tertiary/aromatic N) is 3. The largest absolute Gasteiger partial charge is 0.208 e. The van der Waals surface area contributed by atoms with Gasteiger partial charge in [0.15, 0.2) is 17.5 Å². The van der Waals surface area contributed by atoms with Crippen molar-refractivity contribution in [3.63, 3.8) is 0 Å². The van der Waals surface area contributed by atoms with E-state index >= 15 is 0 Å². The van der Waals surface area contributed by atoms with Crippen molar-refractivity contribution in [3.8, 4) is 56.4 Å². The van der Waals surface area contributed by atoms with Crippen LogP contribution in [0.25, 0.3) is 76.6 Å². The number of hydrogen-bond acceptors (Lipinski definition) is 4. The van der Waals surface area contributed by atoms with Gasteiger partial charge in [0.25, 0.3) is 0 Å². The minimum atomic E-state index is 0.104. The van der Waals surface area contributed by atoms with Gasteiger partial charge in [0.2, 0.25) is 0 Å². The molecule has 2 aliphatic carbocycles. The summed E-state index contributed by atoms with van der Waals surface area (Å²) in [6.45, 7) is 0. The summed E-state index contributed by atoms with van der Waals surface area (Å²) in [7, 11) is 0. The lowest BCUT2D eigenvalue weighted by atomic mass is 9.67. The fraction of sp³-hybridized carbons (Fsp3) is 0.133. The van der Waals surface area contributed by atoms with E-state index in [0.29, 0.717) is 17.5 Å². The Balaban J connectivity index is 1.11. The summed E-state index contributed by atoms with van der Waals surface area (Å²) in [4.78, 5) is 14.9. The molecule has 2 heterocycles. The maximum absolute atomic E-state index is 5.00. The van der Waals surface area contributed by atoms with E-state index in [1.807, 2.05) is 47.7 Å². The summed E-state index contributed by atoms with van der Waals surface area (Å²) in [6.07, 6.45) is 6.35. The third-order valence-corrected chi connectivity index (χ3v) is 11.9. The van der Waals surface area contributed by atoms with Crippen LogP contribution < -0.4 is 0 Å². The van der Waals surface area contributed by atoms with Gasteiger partial charge < -0.3 is 0 Å². The Morgan fingerprint density at radius 2 is 1.00 bits per heavy atom. The molecule has 6 aromatic carbocycles. The lowest BCUT2D eigenvalue weighted by molar-refractivity contribution is 0.353. The van der Waals surface area contributed by atoms with Crippen molar-refractivity contribution in [1.29, 1.82) is 0 Å². The molecule has 1 spiro atoms. The summed E-state index contributed by atoms with van der Waals surface area (Å²) in [5.74, 6) is 2.03. The highest BCUT2D eigenvalue weighted by molar-refractivity contribution is 7.25. The molecule has 2 aromatic heterocycles. The molecule has 0 atom stereocenters. The Kier molecular flexibility index (Phi) is 6.60. The van der Waals surface area contributed by atoms with Gasteiger partial charge in [-0.1, -0.05) is 128 Å². The molecule has 4 heteroatoms. The van der Waals surface area contributed by atoms with Crippen molar-refractivity contribution in [2.75, 3.05) is 0 Å². The number of thiophene rings is 1. The highest BCUT2D eigenvalue weighted by atomic mass is 32.1. The van der Waals surface area contributed by atoms with Gasteiger partial charge in [0.1, 0.15) is 0 Å². The van der Waals surface area contributed by atoms with Crippen LogP contribution in [-0.4, -0.2) is 15.0 Å². The Bertz CT molecular complexity index is 2470. The molecule has 1 fully saturated rings. The summed E-state index contributed by atoms with van der Waals surface area (Å²) in [5, 5.41) is 2.79. The predicted octanol–water partition coefficient (Wildman–Crippen LogP) is 12.1. The summed E-state index contributed by atoms with van der Waals surface area (Å²) in [5.41, 5.74) is 11.3. The van der Waals surface area contributed by atoms with Crippen LogP contribution in [0.1, 0.15) is 43.2 Å². The maximum atomic E-state index is 5.00. The van der Waals surface area contributed by atoms with Crippen molar-refractivity contribution in [1.82, 2.24) is 15.0 Å². The van der Waals surface area contributed by atoms with E-state index in [2.05, 4.69) is 103 Å². The molecule has 0 aliphatic heterocycles. The number of rotatable bonds is 4. The third-order valence-electron chi connectivity index (χ3n) is 10.7. The molecule has 0 bridgehead atoms. The van der Waals surface area contributed by atoms with E-state index in [0.717, 1.165) is 22.3 Å². The monoisotopic (exact) mass is 647 g/mol. The lowest BCUT2D eigenvalue weighted by Gasteiger charge is -2.36. The number of aromatic nitrogens is 3. The first kappa shape index (κ1) is 28.6. The van der Waals surface area contributed by atoms with Crippen LogP contribution in [-0.2, 0) is 5.41 Å².